The summed E-state index contributed by atoms with van der Waals surface area (Å²) in [6.45, 7) is 2.33. The fourth-order valence-electron chi connectivity index (χ4n) is 3.62. The number of nitrogens with zero attached hydrogens (tertiary/aromatic N) is 2. The zero-order valence-corrected chi connectivity index (χ0v) is 21.9. The van der Waals surface area contributed by atoms with E-state index in [1.807, 2.05) is 6.92 Å². The number of amides is 2. The highest BCUT2D eigenvalue weighted by Crippen LogP contribution is 2.35. The largest absolute Gasteiger partial charge is 0.490 e. The number of hydrogen-bond acceptors (Lipinski definition) is 8. The van der Waals surface area contributed by atoms with Crippen LogP contribution in [0.5, 0.6) is 17.2 Å². The third kappa shape index (κ3) is 6.45. The van der Waals surface area contributed by atoms with Crippen LogP contribution >= 0.6 is 23.4 Å². The van der Waals surface area contributed by atoms with E-state index in [1.165, 1.54) is 6.07 Å². The second kappa shape index (κ2) is 12.5. The van der Waals surface area contributed by atoms with Gasteiger partial charge in [0.2, 0.25) is 0 Å². The first-order valence-electron chi connectivity index (χ1n) is 11.6. The predicted octanol–water partition coefficient (Wildman–Crippen LogP) is 6.34. The van der Waals surface area contributed by atoms with Gasteiger partial charge in [-0.2, -0.15) is 0 Å². The molecule has 1 heterocycles. The molecule has 0 N–H and O–H groups in total. The van der Waals surface area contributed by atoms with Crippen molar-refractivity contribution in [3.05, 3.63) is 97.9 Å². The molecule has 3 aromatic rings. The summed E-state index contributed by atoms with van der Waals surface area (Å²) in [5.74, 6) is 0.862. The zero-order chi connectivity index (χ0) is 27.1. The van der Waals surface area contributed by atoms with Crippen molar-refractivity contribution in [1.29, 1.82) is 0 Å². The van der Waals surface area contributed by atoms with Crippen molar-refractivity contribution in [3.8, 4) is 17.2 Å². The number of nitro benzene ring substituents is 1. The highest BCUT2D eigenvalue weighted by Gasteiger charge is 2.34. The van der Waals surface area contributed by atoms with Crippen LogP contribution in [0.3, 0.4) is 0 Å². The molecule has 11 heteroatoms. The maximum atomic E-state index is 12.9. The van der Waals surface area contributed by atoms with E-state index >= 15 is 0 Å². The number of carbonyl (C=O) groups excluding carboxylic acids is 2. The van der Waals surface area contributed by atoms with Crippen LogP contribution in [0.2, 0.25) is 5.02 Å². The number of imide groups is 1. The molecule has 0 spiro atoms. The third-order valence-corrected chi connectivity index (χ3v) is 6.64. The van der Waals surface area contributed by atoms with Crippen molar-refractivity contribution in [1.82, 2.24) is 4.90 Å². The van der Waals surface area contributed by atoms with E-state index in [0.717, 1.165) is 16.7 Å². The first-order valence-corrected chi connectivity index (χ1v) is 12.8. The molecule has 38 heavy (non-hydrogen) atoms. The monoisotopic (exact) mass is 554 g/mol. The molecular formula is C27H23ClN2O7S. The Kier molecular flexibility index (Phi) is 8.88. The summed E-state index contributed by atoms with van der Waals surface area (Å²) in [6, 6.07) is 18.4. The minimum absolute atomic E-state index is 0.0221. The molecule has 0 saturated carbocycles. The minimum atomic E-state index is -0.457. The summed E-state index contributed by atoms with van der Waals surface area (Å²) < 4.78 is 17.1. The molecule has 2 amide bonds. The molecule has 196 valence electrons. The molecule has 0 radical (unpaired) electrons. The average molecular weight is 555 g/mol. The van der Waals surface area contributed by atoms with Crippen LogP contribution < -0.4 is 14.2 Å². The molecule has 0 aromatic heterocycles. The van der Waals surface area contributed by atoms with Gasteiger partial charge < -0.3 is 14.2 Å². The molecular weight excluding hydrogens is 532 g/mol. The Morgan fingerprint density at radius 2 is 1.74 bits per heavy atom. The first kappa shape index (κ1) is 27.0. The number of carbonyl (C=O) groups is 2. The Morgan fingerprint density at radius 1 is 0.974 bits per heavy atom. The van der Waals surface area contributed by atoms with E-state index in [2.05, 4.69) is 0 Å². The smallest absolute Gasteiger partial charge is 0.293 e. The number of para-hydroxylation sites is 2. The van der Waals surface area contributed by atoms with Crippen LogP contribution in [0.25, 0.3) is 6.08 Å². The third-order valence-electron chi connectivity index (χ3n) is 5.42. The Bertz CT molecular complexity index is 1400. The lowest BCUT2D eigenvalue weighted by Crippen LogP contribution is -2.32. The number of ether oxygens (including phenoxy) is 3. The van der Waals surface area contributed by atoms with Crippen molar-refractivity contribution in [2.75, 3.05) is 19.8 Å². The van der Waals surface area contributed by atoms with Gasteiger partial charge in [-0.3, -0.25) is 24.6 Å². The van der Waals surface area contributed by atoms with E-state index in [4.69, 9.17) is 25.8 Å². The van der Waals surface area contributed by atoms with Gasteiger partial charge in [0.15, 0.2) is 11.5 Å². The molecule has 0 bridgehead atoms. The van der Waals surface area contributed by atoms with Crippen molar-refractivity contribution in [2.24, 2.45) is 0 Å². The first-order chi connectivity index (χ1) is 18.4. The summed E-state index contributed by atoms with van der Waals surface area (Å²) in [5.41, 5.74) is 1.02. The maximum Gasteiger partial charge on any atom is 0.293 e. The Balaban J connectivity index is 1.44. The minimum Gasteiger partial charge on any atom is -0.490 e. The summed E-state index contributed by atoms with van der Waals surface area (Å²) in [4.78, 5) is 37.6. The highest BCUT2D eigenvalue weighted by molar-refractivity contribution is 8.18. The lowest BCUT2D eigenvalue weighted by molar-refractivity contribution is -0.385. The van der Waals surface area contributed by atoms with Gasteiger partial charge in [-0.05, 0) is 60.7 Å². The van der Waals surface area contributed by atoms with Gasteiger partial charge in [0, 0.05) is 6.07 Å². The van der Waals surface area contributed by atoms with Crippen LogP contribution in [0.1, 0.15) is 18.1 Å². The number of rotatable bonds is 11. The van der Waals surface area contributed by atoms with Crippen LogP contribution in [-0.4, -0.2) is 40.7 Å². The van der Waals surface area contributed by atoms with Crippen LogP contribution in [-0.2, 0) is 11.4 Å². The second-order valence-electron chi connectivity index (χ2n) is 7.93. The quantitative estimate of drug-likeness (QED) is 0.153. The van der Waals surface area contributed by atoms with Gasteiger partial charge in [-0.25, -0.2) is 0 Å². The molecule has 3 aromatic carbocycles. The molecule has 0 unspecified atom stereocenters. The zero-order valence-electron chi connectivity index (χ0n) is 20.3. The number of nitro groups is 1. The summed E-state index contributed by atoms with van der Waals surface area (Å²) >= 11 is 6.92. The summed E-state index contributed by atoms with van der Waals surface area (Å²) in [6.07, 6.45) is 1.61. The molecule has 4 rings (SSSR count). The van der Waals surface area contributed by atoms with E-state index in [-0.39, 0.29) is 30.4 Å². The standard InChI is InChI=1S/C27H23ClN2O7S/c1-2-35-24-15-18(11-12-23(24)37-17-19-7-3-5-9-21(19)30(33)34)16-25-26(31)29(27(32)38-25)13-14-36-22-10-6-4-8-20(22)28/h3-12,15-16H,2,13-14,17H2,1H3/b25-16-. The van der Waals surface area contributed by atoms with Crippen LogP contribution in [0.4, 0.5) is 10.5 Å². The van der Waals surface area contributed by atoms with Gasteiger partial charge in [0.05, 0.1) is 33.6 Å². The lowest BCUT2D eigenvalue weighted by Gasteiger charge is -2.14. The van der Waals surface area contributed by atoms with Gasteiger partial charge >= 0.3 is 0 Å². The van der Waals surface area contributed by atoms with E-state index in [1.54, 1.807) is 66.7 Å². The molecule has 1 saturated heterocycles. The number of halogens is 1. The summed E-state index contributed by atoms with van der Waals surface area (Å²) in [7, 11) is 0. The summed E-state index contributed by atoms with van der Waals surface area (Å²) in [5, 5.41) is 11.3. The number of thioether (sulfide) groups is 1. The van der Waals surface area contributed by atoms with E-state index < -0.39 is 16.1 Å². The SMILES string of the molecule is CCOc1cc(/C=C2\SC(=O)N(CCOc3ccccc3Cl)C2=O)ccc1OCc1ccccc1[N+](=O)[O-]. The van der Waals surface area contributed by atoms with E-state index in [9.17, 15) is 19.7 Å². The number of hydrogen-bond donors (Lipinski definition) is 0. The molecule has 0 atom stereocenters. The molecule has 0 aliphatic carbocycles. The second-order valence-corrected chi connectivity index (χ2v) is 9.33. The molecule has 1 aliphatic heterocycles. The molecule has 1 fully saturated rings. The van der Waals surface area contributed by atoms with Crippen molar-refractivity contribution in [3.63, 3.8) is 0 Å². The topological polar surface area (TPSA) is 108 Å². The molecule has 9 nitrogen and oxygen atoms in total. The van der Waals surface area contributed by atoms with Gasteiger partial charge in [-0.1, -0.05) is 41.9 Å². The number of benzene rings is 3. The Morgan fingerprint density at radius 3 is 2.50 bits per heavy atom. The Hall–Kier alpha value is -4.02. The van der Waals surface area contributed by atoms with E-state index in [0.29, 0.717) is 40.0 Å². The van der Waals surface area contributed by atoms with Gasteiger partial charge in [0.1, 0.15) is 19.0 Å². The van der Waals surface area contributed by atoms with Crippen molar-refractivity contribution in [2.45, 2.75) is 13.5 Å². The normalized spacial score (nSPS) is 14.2. The Labute approximate surface area is 228 Å². The van der Waals surface area contributed by atoms with Gasteiger partial charge in [0.25, 0.3) is 16.8 Å². The van der Waals surface area contributed by atoms with Crippen molar-refractivity contribution < 1.29 is 28.7 Å². The van der Waals surface area contributed by atoms with Crippen molar-refractivity contribution >= 4 is 46.3 Å². The highest BCUT2D eigenvalue weighted by atomic mass is 35.5. The van der Waals surface area contributed by atoms with Crippen LogP contribution in [0.15, 0.2) is 71.6 Å². The lowest BCUT2D eigenvalue weighted by atomic mass is 10.1. The fraction of sp³-hybridized carbons (Fsp3) is 0.185. The average Bonchev–Trinajstić information content (AvgIpc) is 3.17. The maximum absolute atomic E-state index is 12.9. The predicted molar refractivity (Wildman–Crippen MR) is 145 cm³/mol. The fourth-order valence-corrected chi connectivity index (χ4v) is 4.68. The molecule has 1 aliphatic rings. The van der Waals surface area contributed by atoms with Gasteiger partial charge in [-0.15, -0.1) is 0 Å². The van der Waals surface area contributed by atoms with Crippen LogP contribution in [0, 0.1) is 10.1 Å².